The molecule has 0 aromatic heterocycles. The molecule has 2 nitrogen and oxygen atoms in total. The molecule has 0 fully saturated rings. The van der Waals surface area contributed by atoms with Crippen LogP contribution in [0, 0.1) is 0 Å². The molecular formula is C12H17F3N2. The van der Waals surface area contributed by atoms with Crippen LogP contribution in [0.2, 0.25) is 0 Å². The molecule has 0 heterocycles. The highest BCUT2D eigenvalue weighted by Crippen LogP contribution is 2.28. The van der Waals surface area contributed by atoms with E-state index >= 15 is 0 Å². The normalized spacial score (nSPS) is 11.8. The first-order valence-electron chi connectivity index (χ1n) is 5.61. The Hall–Kier alpha value is -1.07. The zero-order chi connectivity index (χ0) is 12.7. The lowest BCUT2D eigenvalue weighted by atomic mass is 10.1. The maximum atomic E-state index is 12.3. The third-order valence-corrected chi connectivity index (χ3v) is 2.42. The number of hydrogen-bond acceptors (Lipinski definition) is 2. The average Bonchev–Trinajstić information content (AvgIpc) is 2.28. The average molecular weight is 246 g/mol. The number of unbranched alkanes of at least 4 members (excludes halogenated alkanes) is 1. The molecule has 0 saturated heterocycles. The van der Waals surface area contributed by atoms with Gasteiger partial charge in [0, 0.05) is 6.54 Å². The molecule has 3 N–H and O–H groups in total. The fourth-order valence-electron chi connectivity index (χ4n) is 1.44. The van der Waals surface area contributed by atoms with Crippen LogP contribution in [-0.2, 0) is 12.7 Å². The number of hydrogen-bond donors (Lipinski definition) is 2. The van der Waals surface area contributed by atoms with Gasteiger partial charge in [-0.25, -0.2) is 0 Å². The summed E-state index contributed by atoms with van der Waals surface area (Å²) in [5, 5.41) is 3.16. The fourth-order valence-corrected chi connectivity index (χ4v) is 1.44. The molecule has 0 unspecified atom stereocenters. The van der Waals surface area contributed by atoms with Crippen LogP contribution in [0.3, 0.4) is 0 Å². The van der Waals surface area contributed by atoms with E-state index in [9.17, 15) is 13.2 Å². The first-order chi connectivity index (χ1) is 8.04. The van der Waals surface area contributed by atoms with Crippen LogP contribution < -0.4 is 11.1 Å². The van der Waals surface area contributed by atoms with Gasteiger partial charge in [-0.3, -0.25) is 0 Å². The van der Waals surface area contributed by atoms with Gasteiger partial charge in [0.15, 0.2) is 0 Å². The molecule has 96 valence electrons. The van der Waals surface area contributed by atoms with Crippen molar-refractivity contribution in [1.29, 1.82) is 0 Å². The Kier molecular flexibility index (Phi) is 5.44. The number of nitrogens with two attached hydrogens (primary N) is 1. The molecule has 0 aliphatic rings. The van der Waals surface area contributed by atoms with Crippen LogP contribution in [0.25, 0.3) is 0 Å². The minimum Gasteiger partial charge on any atom is -0.330 e. The molecule has 0 aliphatic heterocycles. The van der Waals surface area contributed by atoms with Crippen molar-refractivity contribution < 1.29 is 13.2 Å². The molecule has 0 saturated carbocycles. The van der Waals surface area contributed by atoms with E-state index in [2.05, 4.69) is 5.32 Å². The van der Waals surface area contributed by atoms with Gasteiger partial charge in [-0.05, 0) is 43.6 Å². The quantitative estimate of drug-likeness (QED) is 0.757. The second kappa shape index (κ2) is 6.61. The van der Waals surface area contributed by atoms with E-state index in [1.807, 2.05) is 0 Å². The standard InChI is InChI=1S/C12H17F3N2/c13-12(14,15)11-5-3-10(4-6-11)9-17-8-2-1-7-16/h3-6,17H,1-2,7-9,16H2. The molecule has 1 aromatic rings. The topological polar surface area (TPSA) is 38.0 Å². The molecule has 0 aliphatic carbocycles. The van der Waals surface area contributed by atoms with Gasteiger partial charge >= 0.3 is 6.18 Å². The van der Waals surface area contributed by atoms with E-state index in [1.165, 1.54) is 12.1 Å². The molecule has 0 atom stereocenters. The second-order valence-corrected chi connectivity index (χ2v) is 3.87. The van der Waals surface area contributed by atoms with Crippen LogP contribution in [0.15, 0.2) is 24.3 Å². The fraction of sp³-hybridized carbons (Fsp3) is 0.500. The van der Waals surface area contributed by atoms with Gasteiger partial charge in [0.05, 0.1) is 5.56 Å². The summed E-state index contributed by atoms with van der Waals surface area (Å²) >= 11 is 0. The van der Waals surface area contributed by atoms with Gasteiger partial charge in [-0.15, -0.1) is 0 Å². The van der Waals surface area contributed by atoms with Crippen LogP contribution in [0.4, 0.5) is 13.2 Å². The summed E-state index contributed by atoms with van der Waals surface area (Å²) in [4.78, 5) is 0. The molecule has 5 heteroatoms. The van der Waals surface area contributed by atoms with Crippen molar-refractivity contribution in [2.45, 2.75) is 25.6 Å². The molecular weight excluding hydrogens is 229 g/mol. The monoisotopic (exact) mass is 246 g/mol. The van der Waals surface area contributed by atoms with Gasteiger partial charge in [0.25, 0.3) is 0 Å². The Bertz CT molecular complexity index is 320. The molecule has 0 spiro atoms. The zero-order valence-corrected chi connectivity index (χ0v) is 9.56. The Morgan fingerprint density at radius 3 is 2.24 bits per heavy atom. The largest absolute Gasteiger partial charge is 0.416 e. The minimum atomic E-state index is -4.26. The third-order valence-electron chi connectivity index (χ3n) is 2.42. The Labute approximate surface area is 99.0 Å². The van der Waals surface area contributed by atoms with Crippen molar-refractivity contribution in [3.05, 3.63) is 35.4 Å². The molecule has 0 amide bonds. The third kappa shape index (κ3) is 5.19. The molecule has 17 heavy (non-hydrogen) atoms. The molecule has 1 rings (SSSR count). The van der Waals surface area contributed by atoms with Gasteiger partial charge in [0.2, 0.25) is 0 Å². The van der Waals surface area contributed by atoms with Crippen molar-refractivity contribution in [3.8, 4) is 0 Å². The SMILES string of the molecule is NCCCCNCc1ccc(C(F)(F)F)cc1. The van der Waals surface area contributed by atoms with Crippen molar-refractivity contribution in [1.82, 2.24) is 5.32 Å². The van der Waals surface area contributed by atoms with Crippen LogP contribution >= 0.6 is 0 Å². The summed E-state index contributed by atoms with van der Waals surface area (Å²) in [6, 6.07) is 5.21. The lowest BCUT2D eigenvalue weighted by Gasteiger charge is -2.08. The smallest absolute Gasteiger partial charge is 0.330 e. The first-order valence-corrected chi connectivity index (χ1v) is 5.61. The Morgan fingerprint density at radius 2 is 1.71 bits per heavy atom. The van der Waals surface area contributed by atoms with Crippen molar-refractivity contribution in [2.24, 2.45) is 5.73 Å². The highest BCUT2D eigenvalue weighted by Gasteiger charge is 2.29. The molecule has 0 bridgehead atoms. The van der Waals surface area contributed by atoms with Gasteiger partial charge in [0.1, 0.15) is 0 Å². The van der Waals surface area contributed by atoms with Crippen LogP contribution in [0.5, 0.6) is 0 Å². The Balaban J connectivity index is 2.36. The number of benzene rings is 1. The van der Waals surface area contributed by atoms with E-state index in [1.54, 1.807) is 0 Å². The summed E-state index contributed by atoms with van der Waals surface area (Å²) in [5.74, 6) is 0. The van der Waals surface area contributed by atoms with Crippen LogP contribution in [-0.4, -0.2) is 13.1 Å². The van der Waals surface area contributed by atoms with E-state index in [-0.39, 0.29) is 0 Å². The summed E-state index contributed by atoms with van der Waals surface area (Å²) in [6.07, 6.45) is -2.32. The lowest BCUT2D eigenvalue weighted by molar-refractivity contribution is -0.137. The van der Waals surface area contributed by atoms with E-state index in [0.717, 1.165) is 37.1 Å². The summed E-state index contributed by atoms with van der Waals surface area (Å²) in [6.45, 7) is 2.09. The summed E-state index contributed by atoms with van der Waals surface area (Å²) < 4.78 is 36.9. The summed E-state index contributed by atoms with van der Waals surface area (Å²) in [7, 11) is 0. The van der Waals surface area contributed by atoms with Gasteiger partial charge in [-0.2, -0.15) is 13.2 Å². The molecule has 0 radical (unpaired) electrons. The van der Waals surface area contributed by atoms with Crippen molar-refractivity contribution in [2.75, 3.05) is 13.1 Å². The maximum Gasteiger partial charge on any atom is 0.416 e. The van der Waals surface area contributed by atoms with Gasteiger partial charge < -0.3 is 11.1 Å². The zero-order valence-electron chi connectivity index (χ0n) is 9.56. The number of nitrogens with one attached hydrogen (secondary N) is 1. The van der Waals surface area contributed by atoms with E-state index in [4.69, 9.17) is 5.73 Å². The van der Waals surface area contributed by atoms with E-state index < -0.39 is 11.7 Å². The number of rotatable bonds is 6. The minimum absolute atomic E-state index is 0.586. The first kappa shape index (κ1) is 14.0. The highest BCUT2D eigenvalue weighted by atomic mass is 19.4. The number of halogens is 3. The van der Waals surface area contributed by atoms with Crippen molar-refractivity contribution >= 4 is 0 Å². The lowest BCUT2D eigenvalue weighted by Crippen LogP contribution is -2.16. The summed E-state index contributed by atoms with van der Waals surface area (Å²) in [5.41, 5.74) is 5.59. The van der Waals surface area contributed by atoms with Gasteiger partial charge in [-0.1, -0.05) is 12.1 Å². The van der Waals surface area contributed by atoms with Crippen LogP contribution in [0.1, 0.15) is 24.0 Å². The number of alkyl halides is 3. The molecule has 1 aromatic carbocycles. The second-order valence-electron chi connectivity index (χ2n) is 3.87. The maximum absolute atomic E-state index is 12.3. The van der Waals surface area contributed by atoms with Crippen molar-refractivity contribution in [3.63, 3.8) is 0 Å². The predicted octanol–water partition coefficient (Wildman–Crippen LogP) is 2.53. The highest BCUT2D eigenvalue weighted by molar-refractivity contribution is 5.24. The Morgan fingerprint density at radius 1 is 1.06 bits per heavy atom. The predicted molar refractivity (Wildman–Crippen MR) is 61.4 cm³/mol. The van der Waals surface area contributed by atoms with E-state index in [0.29, 0.717) is 13.1 Å².